The molecule has 96 valence electrons. The van der Waals surface area contributed by atoms with Crippen molar-refractivity contribution in [3.63, 3.8) is 0 Å². The Labute approximate surface area is 105 Å². The summed E-state index contributed by atoms with van der Waals surface area (Å²) in [7, 11) is -3.76. The van der Waals surface area contributed by atoms with E-state index in [2.05, 4.69) is 5.32 Å². The standard InChI is InChI=1S/C12H13FN2O2S/c13-10-1-3-11(4-2-10)18(16,17)12(9-14)5-7-15-8-6-12/h1-4,15H,5-8H2. The molecule has 0 atom stereocenters. The minimum atomic E-state index is -3.76. The summed E-state index contributed by atoms with van der Waals surface area (Å²) >= 11 is 0. The molecule has 0 spiro atoms. The highest BCUT2D eigenvalue weighted by Gasteiger charge is 2.45. The molecule has 0 unspecified atom stereocenters. The van der Waals surface area contributed by atoms with Crippen molar-refractivity contribution < 1.29 is 12.8 Å². The third kappa shape index (κ3) is 2.00. The lowest BCUT2D eigenvalue weighted by atomic mass is 9.99. The quantitative estimate of drug-likeness (QED) is 0.819. The van der Waals surface area contributed by atoms with E-state index in [1.165, 1.54) is 12.1 Å². The first-order chi connectivity index (χ1) is 8.52. The van der Waals surface area contributed by atoms with Gasteiger partial charge in [0.25, 0.3) is 0 Å². The van der Waals surface area contributed by atoms with E-state index in [-0.39, 0.29) is 17.7 Å². The van der Waals surface area contributed by atoms with Crippen LogP contribution < -0.4 is 5.32 Å². The van der Waals surface area contributed by atoms with Crippen molar-refractivity contribution in [3.05, 3.63) is 30.1 Å². The van der Waals surface area contributed by atoms with Gasteiger partial charge in [0.2, 0.25) is 0 Å². The van der Waals surface area contributed by atoms with Gasteiger partial charge in [0.15, 0.2) is 14.6 Å². The van der Waals surface area contributed by atoms with Crippen LogP contribution in [0.2, 0.25) is 0 Å². The topological polar surface area (TPSA) is 70.0 Å². The third-order valence-corrected chi connectivity index (χ3v) is 5.67. The predicted octanol–water partition coefficient (Wildman–Crippen LogP) is 1.25. The molecule has 1 heterocycles. The zero-order valence-corrected chi connectivity index (χ0v) is 10.5. The largest absolute Gasteiger partial charge is 0.317 e. The number of nitriles is 1. The second-order valence-corrected chi connectivity index (χ2v) is 6.57. The highest BCUT2D eigenvalue weighted by Crippen LogP contribution is 2.33. The molecule has 0 amide bonds. The van der Waals surface area contributed by atoms with E-state index < -0.39 is 20.4 Å². The molecule has 0 aliphatic carbocycles. The van der Waals surface area contributed by atoms with E-state index in [9.17, 15) is 18.1 Å². The maximum atomic E-state index is 12.8. The number of sulfone groups is 1. The van der Waals surface area contributed by atoms with Gasteiger partial charge < -0.3 is 5.32 Å². The lowest BCUT2D eigenvalue weighted by Crippen LogP contribution is -2.46. The minimum Gasteiger partial charge on any atom is -0.317 e. The molecule has 2 rings (SSSR count). The molecule has 4 nitrogen and oxygen atoms in total. The van der Waals surface area contributed by atoms with Gasteiger partial charge in [0.1, 0.15) is 5.82 Å². The summed E-state index contributed by atoms with van der Waals surface area (Å²) in [6.07, 6.45) is 0.506. The first-order valence-corrected chi connectivity index (χ1v) is 7.12. The van der Waals surface area contributed by atoms with E-state index in [1.54, 1.807) is 0 Å². The lowest BCUT2D eigenvalue weighted by molar-refractivity contribution is 0.444. The van der Waals surface area contributed by atoms with Crippen LogP contribution in [-0.4, -0.2) is 26.3 Å². The van der Waals surface area contributed by atoms with E-state index in [4.69, 9.17) is 0 Å². The van der Waals surface area contributed by atoms with Crippen molar-refractivity contribution in [2.45, 2.75) is 22.5 Å². The van der Waals surface area contributed by atoms with Gasteiger partial charge in [0.05, 0.1) is 11.0 Å². The Bertz CT molecular complexity index is 569. The number of nitrogens with zero attached hydrogens (tertiary/aromatic N) is 1. The molecule has 0 aromatic heterocycles. The predicted molar refractivity (Wildman–Crippen MR) is 64.0 cm³/mol. The molecular formula is C12H13FN2O2S. The number of hydrogen-bond donors (Lipinski definition) is 1. The number of hydrogen-bond acceptors (Lipinski definition) is 4. The van der Waals surface area contributed by atoms with Gasteiger partial charge in [-0.3, -0.25) is 0 Å². The molecule has 1 aromatic carbocycles. The van der Waals surface area contributed by atoms with Crippen molar-refractivity contribution in [3.8, 4) is 6.07 Å². The highest BCUT2D eigenvalue weighted by atomic mass is 32.2. The second-order valence-electron chi connectivity index (χ2n) is 4.31. The van der Waals surface area contributed by atoms with Crippen LogP contribution in [-0.2, 0) is 9.84 Å². The van der Waals surface area contributed by atoms with Crippen LogP contribution in [0.5, 0.6) is 0 Å². The second kappa shape index (κ2) is 4.67. The normalized spacial score (nSPS) is 19.1. The summed E-state index contributed by atoms with van der Waals surface area (Å²) < 4.78 is 36.4. The van der Waals surface area contributed by atoms with Crippen LogP contribution in [0.4, 0.5) is 4.39 Å². The molecule has 18 heavy (non-hydrogen) atoms. The van der Waals surface area contributed by atoms with Crippen molar-refractivity contribution in [1.82, 2.24) is 5.32 Å². The molecule has 0 bridgehead atoms. The third-order valence-electron chi connectivity index (χ3n) is 3.25. The summed E-state index contributed by atoms with van der Waals surface area (Å²) in [5.41, 5.74) is 0. The average Bonchev–Trinajstić information content (AvgIpc) is 2.40. The Hall–Kier alpha value is -1.45. The SMILES string of the molecule is N#CC1(S(=O)(=O)c2ccc(F)cc2)CCNCC1. The fourth-order valence-electron chi connectivity index (χ4n) is 2.11. The smallest absolute Gasteiger partial charge is 0.197 e. The van der Waals surface area contributed by atoms with Gasteiger partial charge in [-0.05, 0) is 50.2 Å². The lowest BCUT2D eigenvalue weighted by Gasteiger charge is -2.30. The molecule has 1 N–H and O–H groups in total. The van der Waals surface area contributed by atoms with Crippen molar-refractivity contribution in [1.29, 1.82) is 5.26 Å². The summed E-state index contributed by atoms with van der Waals surface area (Å²) in [4.78, 5) is 0.00681. The first kappa shape index (κ1) is 13.0. The van der Waals surface area contributed by atoms with E-state index in [0.29, 0.717) is 13.1 Å². The number of halogens is 1. The maximum Gasteiger partial charge on any atom is 0.197 e. The molecule has 1 aliphatic rings. The fourth-order valence-corrected chi connectivity index (χ4v) is 3.92. The maximum absolute atomic E-state index is 12.8. The van der Waals surface area contributed by atoms with Crippen molar-refractivity contribution in [2.24, 2.45) is 0 Å². The summed E-state index contributed by atoms with van der Waals surface area (Å²) in [5, 5.41) is 12.3. The van der Waals surface area contributed by atoms with Gasteiger partial charge in [-0.2, -0.15) is 5.26 Å². The Balaban J connectivity index is 2.47. The van der Waals surface area contributed by atoms with E-state index >= 15 is 0 Å². The summed E-state index contributed by atoms with van der Waals surface area (Å²) in [5.74, 6) is -0.495. The molecule has 1 saturated heterocycles. The van der Waals surface area contributed by atoms with Gasteiger partial charge in [0, 0.05) is 0 Å². The van der Waals surface area contributed by atoms with Gasteiger partial charge in [-0.15, -0.1) is 0 Å². The Morgan fingerprint density at radius 1 is 1.22 bits per heavy atom. The molecule has 6 heteroatoms. The van der Waals surface area contributed by atoms with Gasteiger partial charge in [-0.25, -0.2) is 12.8 Å². The monoisotopic (exact) mass is 268 g/mol. The highest BCUT2D eigenvalue weighted by molar-refractivity contribution is 7.93. The van der Waals surface area contributed by atoms with Gasteiger partial charge in [-0.1, -0.05) is 0 Å². The molecule has 1 fully saturated rings. The van der Waals surface area contributed by atoms with Crippen molar-refractivity contribution >= 4 is 9.84 Å². The number of benzene rings is 1. The van der Waals surface area contributed by atoms with E-state index in [1.807, 2.05) is 6.07 Å². The van der Waals surface area contributed by atoms with Crippen LogP contribution in [0.25, 0.3) is 0 Å². The van der Waals surface area contributed by atoms with Crippen LogP contribution in [0.15, 0.2) is 29.2 Å². The minimum absolute atomic E-state index is 0.00681. The first-order valence-electron chi connectivity index (χ1n) is 5.64. The Morgan fingerprint density at radius 2 is 1.78 bits per heavy atom. The van der Waals surface area contributed by atoms with Crippen LogP contribution in [0.1, 0.15) is 12.8 Å². The van der Waals surface area contributed by atoms with Crippen molar-refractivity contribution in [2.75, 3.05) is 13.1 Å². The number of rotatable bonds is 2. The summed E-state index contributed by atoms with van der Waals surface area (Å²) in [6.45, 7) is 0.988. The number of nitrogens with one attached hydrogen (secondary N) is 1. The molecule has 1 aliphatic heterocycles. The van der Waals surface area contributed by atoms with Crippen LogP contribution >= 0.6 is 0 Å². The van der Waals surface area contributed by atoms with Crippen LogP contribution in [0.3, 0.4) is 0 Å². The molecular weight excluding hydrogens is 255 g/mol. The number of piperidine rings is 1. The average molecular weight is 268 g/mol. The Morgan fingerprint density at radius 3 is 2.28 bits per heavy atom. The van der Waals surface area contributed by atoms with Gasteiger partial charge >= 0.3 is 0 Å². The van der Waals surface area contributed by atoms with E-state index in [0.717, 1.165) is 12.1 Å². The molecule has 0 radical (unpaired) electrons. The fraction of sp³-hybridized carbons (Fsp3) is 0.417. The Kier molecular flexibility index (Phi) is 3.37. The summed E-state index contributed by atoms with van der Waals surface area (Å²) in [6, 6.07) is 6.57. The molecule has 1 aromatic rings. The zero-order chi connectivity index (χ0) is 13.2. The zero-order valence-electron chi connectivity index (χ0n) is 9.69. The van der Waals surface area contributed by atoms with Crippen LogP contribution in [0, 0.1) is 17.1 Å². The molecule has 0 saturated carbocycles.